The van der Waals surface area contributed by atoms with Gasteiger partial charge >= 0.3 is 0 Å². The number of aromatic nitrogens is 2. The van der Waals surface area contributed by atoms with Gasteiger partial charge in [-0.05, 0) is 20.4 Å². The highest BCUT2D eigenvalue weighted by atomic mass is 15.2. The van der Waals surface area contributed by atoms with Crippen molar-refractivity contribution in [1.82, 2.24) is 14.7 Å². The van der Waals surface area contributed by atoms with Crippen LogP contribution in [0.5, 0.6) is 0 Å². The van der Waals surface area contributed by atoms with E-state index in [1.807, 2.05) is 24.1 Å². The Bertz CT molecular complexity index is 303. The predicted molar refractivity (Wildman–Crippen MR) is 62.4 cm³/mol. The molecule has 0 saturated carbocycles. The van der Waals surface area contributed by atoms with Crippen LogP contribution in [0.15, 0.2) is 12.4 Å². The number of aryl methyl sites for hydroxylation is 1. The Kier molecular flexibility index (Phi) is 3.88. The van der Waals surface area contributed by atoms with Gasteiger partial charge in [-0.25, -0.2) is 0 Å². The fourth-order valence-corrected chi connectivity index (χ4v) is 1.65. The van der Waals surface area contributed by atoms with Crippen LogP contribution < -0.4 is 5.73 Å². The minimum absolute atomic E-state index is 0.100. The van der Waals surface area contributed by atoms with Gasteiger partial charge in [-0.2, -0.15) is 5.10 Å². The third-order valence-electron chi connectivity index (χ3n) is 2.65. The quantitative estimate of drug-likeness (QED) is 0.788. The second-order valence-corrected chi connectivity index (χ2v) is 4.70. The maximum atomic E-state index is 6.11. The molecule has 0 bridgehead atoms. The van der Waals surface area contributed by atoms with Crippen LogP contribution >= 0.6 is 0 Å². The number of rotatable bonds is 5. The molecule has 1 rings (SSSR count). The van der Waals surface area contributed by atoms with Crippen molar-refractivity contribution in [2.24, 2.45) is 12.8 Å². The summed E-state index contributed by atoms with van der Waals surface area (Å²) in [4.78, 5) is 2.24. The Morgan fingerprint density at radius 1 is 1.60 bits per heavy atom. The maximum absolute atomic E-state index is 6.11. The lowest BCUT2D eigenvalue weighted by Crippen LogP contribution is -2.45. The van der Waals surface area contributed by atoms with Crippen LogP contribution in [-0.4, -0.2) is 33.8 Å². The van der Waals surface area contributed by atoms with Gasteiger partial charge in [0.1, 0.15) is 0 Å². The van der Waals surface area contributed by atoms with Crippen molar-refractivity contribution in [2.75, 3.05) is 13.6 Å². The standard InChI is InChI=1S/C11H22N4/c1-5-11(2,12)9-14(3)7-10-6-13-15(4)8-10/h6,8H,5,7,9,12H2,1-4H3. The Labute approximate surface area is 92.1 Å². The summed E-state index contributed by atoms with van der Waals surface area (Å²) < 4.78 is 1.82. The van der Waals surface area contributed by atoms with Gasteiger partial charge in [-0.3, -0.25) is 4.68 Å². The van der Waals surface area contributed by atoms with Crippen molar-refractivity contribution in [1.29, 1.82) is 0 Å². The van der Waals surface area contributed by atoms with Crippen LogP contribution in [0.3, 0.4) is 0 Å². The number of likely N-dealkylation sites (N-methyl/N-ethyl adjacent to an activating group) is 1. The van der Waals surface area contributed by atoms with E-state index in [4.69, 9.17) is 5.73 Å². The van der Waals surface area contributed by atoms with E-state index in [0.717, 1.165) is 19.5 Å². The number of nitrogens with two attached hydrogens (primary N) is 1. The predicted octanol–water partition coefficient (Wildman–Crippen LogP) is 0.979. The molecule has 86 valence electrons. The monoisotopic (exact) mass is 210 g/mol. The lowest BCUT2D eigenvalue weighted by atomic mass is 10.00. The van der Waals surface area contributed by atoms with Crippen molar-refractivity contribution in [3.63, 3.8) is 0 Å². The zero-order valence-corrected chi connectivity index (χ0v) is 10.2. The Morgan fingerprint density at radius 3 is 2.73 bits per heavy atom. The van der Waals surface area contributed by atoms with E-state index < -0.39 is 0 Å². The zero-order chi connectivity index (χ0) is 11.5. The summed E-state index contributed by atoms with van der Waals surface area (Å²) in [6.45, 7) is 6.02. The summed E-state index contributed by atoms with van der Waals surface area (Å²) in [5, 5.41) is 4.15. The van der Waals surface area contributed by atoms with Gasteiger partial charge in [0.05, 0.1) is 6.20 Å². The lowest BCUT2D eigenvalue weighted by molar-refractivity contribution is 0.246. The first kappa shape index (κ1) is 12.2. The van der Waals surface area contributed by atoms with Crippen molar-refractivity contribution >= 4 is 0 Å². The van der Waals surface area contributed by atoms with Gasteiger partial charge in [0.25, 0.3) is 0 Å². The lowest BCUT2D eigenvalue weighted by Gasteiger charge is -2.28. The summed E-state index contributed by atoms with van der Waals surface area (Å²) in [6.07, 6.45) is 4.93. The first-order chi connectivity index (χ1) is 6.93. The second kappa shape index (κ2) is 4.77. The molecule has 0 aromatic carbocycles. The van der Waals surface area contributed by atoms with Crippen molar-refractivity contribution in [3.8, 4) is 0 Å². The molecule has 1 aromatic heterocycles. The molecule has 0 aliphatic carbocycles. The molecule has 1 aromatic rings. The highest BCUT2D eigenvalue weighted by molar-refractivity contribution is 5.03. The number of hydrogen-bond acceptors (Lipinski definition) is 3. The highest BCUT2D eigenvalue weighted by Gasteiger charge is 2.18. The van der Waals surface area contributed by atoms with Crippen LogP contribution in [0.4, 0.5) is 0 Å². The number of nitrogens with zero attached hydrogens (tertiary/aromatic N) is 3. The molecule has 0 spiro atoms. The Morgan fingerprint density at radius 2 is 2.27 bits per heavy atom. The van der Waals surface area contributed by atoms with E-state index >= 15 is 0 Å². The van der Waals surface area contributed by atoms with E-state index in [-0.39, 0.29) is 5.54 Å². The van der Waals surface area contributed by atoms with Crippen molar-refractivity contribution in [3.05, 3.63) is 18.0 Å². The smallest absolute Gasteiger partial charge is 0.0534 e. The summed E-state index contributed by atoms with van der Waals surface area (Å²) in [5.74, 6) is 0. The molecule has 1 unspecified atom stereocenters. The first-order valence-electron chi connectivity index (χ1n) is 5.38. The molecule has 0 amide bonds. The topological polar surface area (TPSA) is 47.1 Å². The summed E-state index contributed by atoms with van der Waals surface area (Å²) >= 11 is 0. The fraction of sp³-hybridized carbons (Fsp3) is 0.727. The highest BCUT2D eigenvalue weighted by Crippen LogP contribution is 2.09. The Hall–Kier alpha value is -0.870. The van der Waals surface area contributed by atoms with Crippen LogP contribution in [0, 0.1) is 0 Å². The van der Waals surface area contributed by atoms with E-state index in [2.05, 4.69) is 30.9 Å². The molecule has 0 fully saturated rings. The first-order valence-corrected chi connectivity index (χ1v) is 5.38. The van der Waals surface area contributed by atoms with Crippen LogP contribution in [0.25, 0.3) is 0 Å². The van der Waals surface area contributed by atoms with Crippen LogP contribution in [0.2, 0.25) is 0 Å². The molecule has 2 N–H and O–H groups in total. The summed E-state index contributed by atoms with van der Waals surface area (Å²) in [7, 11) is 4.02. The van der Waals surface area contributed by atoms with Gasteiger partial charge in [0.15, 0.2) is 0 Å². The second-order valence-electron chi connectivity index (χ2n) is 4.70. The Balaban J connectivity index is 2.46. The van der Waals surface area contributed by atoms with E-state index in [0.29, 0.717) is 0 Å². The van der Waals surface area contributed by atoms with Gasteiger partial charge in [-0.15, -0.1) is 0 Å². The van der Waals surface area contributed by atoms with Crippen LogP contribution in [0.1, 0.15) is 25.8 Å². The minimum atomic E-state index is -0.100. The molecule has 0 aliphatic heterocycles. The SMILES string of the molecule is CCC(C)(N)CN(C)Cc1cnn(C)c1. The average molecular weight is 210 g/mol. The van der Waals surface area contributed by atoms with E-state index in [1.54, 1.807) is 0 Å². The summed E-state index contributed by atoms with van der Waals surface area (Å²) in [6, 6.07) is 0. The molecule has 0 radical (unpaired) electrons. The zero-order valence-electron chi connectivity index (χ0n) is 10.2. The molecular formula is C11H22N4. The van der Waals surface area contributed by atoms with Crippen molar-refractivity contribution in [2.45, 2.75) is 32.4 Å². The maximum Gasteiger partial charge on any atom is 0.0534 e. The normalized spacial score (nSPS) is 15.6. The largest absolute Gasteiger partial charge is 0.324 e. The number of hydrogen-bond donors (Lipinski definition) is 1. The van der Waals surface area contributed by atoms with Gasteiger partial charge in [0.2, 0.25) is 0 Å². The average Bonchev–Trinajstić information content (AvgIpc) is 2.50. The third-order valence-corrected chi connectivity index (χ3v) is 2.65. The molecule has 15 heavy (non-hydrogen) atoms. The van der Waals surface area contributed by atoms with Crippen molar-refractivity contribution < 1.29 is 0 Å². The molecule has 0 saturated heterocycles. The van der Waals surface area contributed by atoms with Crippen LogP contribution in [-0.2, 0) is 13.6 Å². The van der Waals surface area contributed by atoms with E-state index in [9.17, 15) is 0 Å². The molecule has 1 heterocycles. The molecule has 0 aliphatic rings. The summed E-state index contributed by atoms with van der Waals surface area (Å²) in [5.41, 5.74) is 7.24. The molecule has 4 heteroatoms. The van der Waals surface area contributed by atoms with Gasteiger partial charge in [-0.1, -0.05) is 6.92 Å². The fourth-order valence-electron chi connectivity index (χ4n) is 1.65. The molecule has 1 atom stereocenters. The van der Waals surface area contributed by atoms with Gasteiger partial charge in [0, 0.05) is 37.4 Å². The minimum Gasteiger partial charge on any atom is -0.324 e. The van der Waals surface area contributed by atoms with E-state index in [1.165, 1.54) is 5.56 Å². The molecule has 4 nitrogen and oxygen atoms in total. The molecular weight excluding hydrogens is 188 g/mol. The third kappa shape index (κ3) is 4.01. The van der Waals surface area contributed by atoms with Gasteiger partial charge < -0.3 is 10.6 Å².